The van der Waals surface area contributed by atoms with Crippen LogP contribution < -0.4 is 5.32 Å². The zero-order valence-corrected chi connectivity index (χ0v) is 19.7. The van der Waals surface area contributed by atoms with E-state index in [1.54, 1.807) is 0 Å². The summed E-state index contributed by atoms with van der Waals surface area (Å²) in [6, 6.07) is 4.06. The zero-order chi connectivity index (χ0) is 23.6. The molecule has 33 heavy (non-hydrogen) atoms. The van der Waals surface area contributed by atoms with Crippen LogP contribution in [0, 0.1) is 17.2 Å². The molecule has 0 unspecified atom stereocenters. The predicted octanol–water partition coefficient (Wildman–Crippen LogP) is 3.81. The van der Waals surface area contributed by atoms with E-state index in [1.165, 1.54) is 18.2 Å². The first-order valence-corrected chi connectivity index (χ1v) is 11.8. The third-order valence-corrected chi connectivity index (χ3v) is 6.88. The molecule has 1 atom stereocenters. The molecule has 0 bridgehead atoms. The molecule has 2 aromatic rings. The smallest absolute Gasteiger partial charge is 0.342 e. The average Bonchev–Trinajstić information content (AvgIpc) is 3.06. The minimum atomic E-state index is -0.793. The number of fused-ring (bicyclic) bond motifs is 1. The van der Waals surface area contributed by atoms with Crippen LogP contribution in [0.15, 0.2) is 18.2 Å². The second kappa shape index (κ2) is 9.81. The van der Waals surface area contributed by atoms with Gasteiger partial charge >= 0.3 is 5.97 Å². The highest BCUT2D eigenvalue weighted by Gasteiger charge is 2.39. The lowest BCUT2D eigenvalue weighted by atomic mass is 9.76. The fraction of sp³-hybridized carbons (Fsp3) is 0.542. The highest BCUT2D eigenvalue weighted by molar-refractivity contribution is 6.33. The van der Waals surface area contributed by atoms with E-state index < -0.39 is 11.8 Å². The highest BCUT2D eigenvalue weighted by Crippen LogP contribution is 2.37. The molecule has 0 aliphatic carbocycles. The number of benzene rings is 1. The molecule has 1 spiro atoms. The van der Waals surface area contributed by atoms with Gasteiger partial charge in [-0.1, -0.05) is 31.5 Å². The molecule has 0 saturated carbocycles. The first-order chi connectivity index (χ1) is 15.8. The highest BCUT2D eigenvalue weighted by atomic mass is 35.5. The first kappa shape index (κ1) is 23.7. The molecule has 0 radical (unpaired) electrons. The van der Waals surface area contributed by atoms with E-state index in [0.29, 0.717) is 38.3 Å². The summed E-state index contributed by atoms with van der Waals surface area (Å²) in [5.41, 5.74) is 2.07. The van der Waals surface area contributed by atoms with Crippen molar-refractivity contribution in [2.75, 3.05) is 26.4 Å². The molecular weight excluding hydrogens is 449 g/mol. The SMILES string of the molecule is CCc1nn(C[C@@H](C)COC(=O)c2c(F)cccc2Cl)c2c1C(=O)NCC1(CCOCC1)C2. The standard InChI is InChI=1S/C24H29ClFN3O4/c1-3-18-21-19(11-24(14-27-22(21)30)7-9-32-10-8-24)29(28-18)12-15(2)13-33-23(31)20-16(25)5-4-6-17(20)26/h4-6,15H,3,7-14H2,1-2H3,(H,27,30)/t15-/m1/s1. The van der Waals surface area contributed by atoms with Gasteiger partial charge in [-0.25, -0.2) is 9.18 Å². The molecule has 1 saturated heterocycles. The minimum Gasteiger partial charge on any atom is -0.462 e. The van der Waals surface area contributed by atoms with E-state index in [-0.39, 0.29) is 34.4 Å². The Bertz CT molecular complexity index is 1030. The number of carbonyl (C=O) groups is 2. The lowest BCUT2D eigenvalue weighted by Gasteiger charge is -2.36. The van der Waals surface area contributed by atoms with Crippen LogP contribution in [0.5, 0.6) is 0 Å². The second-order valence-electron chi connectivity index (χ2n) is 9.08. The Hall–Kier alpha value is -2.45. The number of amides is 1. The number of nitrogens with zero attached hydrogens (tertiary/aromatic N) is 2. The van der Waals surface area contributed by atoms with Gasteiger partial charge in [0.15, 0.2) is 0 Å². The third kappa shape index (κ3) is 4.92. The van der Waals surface area contributed by atoms with Crippen LogP contribution in [0.2, 0.25) is 5.02 Å². The topological polar surface area (TPSA) is 82.5 Å². The number of nitrogens with one attached hydrogen (secondary N) is 1. The third-order valence-electron chi connectivity index (χ3n) is 6.56. The average molecular weight is 478 g/mol. The van der Waals surface area contributed by atoms with Crippen LogP contribution in [0.25, 0.3) is 0 Å². The van der Waals surface area contributed by atoms with E-state index in [9.17, 15) is 14.0 Å². The van der Waals surface area contributed by atoms with Gasteiger partial charge in [-0.15, -0.1) is 0 Å². The van der Waals surface area contributed by atoms with E-state index in [4.69, 9.17) is 26.2 Å². The van der Waals surface area contributed by atoms with Crippen LogP contribution >= 0.6 is 11.6 Å². The van der Waals surface area contributed by atoms with Gasteiger partial charge in [-0.2, -0.15) is 5.10 Å². The molecule has 1 fully saturated rings. The maximum atomic E-state index is 14.0. The lowest BCUT2D eigenvalue weighted by Crippen LogP contribution is -2.41. The Morgan fingerprint density at radius 1 is 1.39 bits per heavy atom. The van der Waals surface area contributed by atoms with Crippen LogP contribution in [0.1, 0.15) is 58.8 Å². The Morgan fingerprint density at radius 3 is 2.85 bits per heavy atom. The molecule has 2 aliphatic heterocycles. The molecule has 1 amide bonds. The molecule has 2 aliphatic rings. The molecule has 9 heteroatoms. The first-order valence-electron chi connectivity index (χ1n) is 11.4. The summed E-state index contributed by atoms with van der Waals surface area (Å²) in [5, 5.41) is 7.86. The number of aryl methyl sites for hydroxylation is 1. The molecule has 1 aromatic heterocycles. The molecule has 1 aromatic carbocycles. The molecule has 1 N–H and O–H groups in total. The molecule has 3 heterocycles. The van der Waals surface area contributed by atoms with E-state index in [2.05, 4.69) is 5.32 Å². The van der Waals surface area contributed by atoms with Crippen LogP contribution in [0.4, 0.5) is 4.39 Å². The Kier molecular flexibility index (Phi) is 7.05. The molecule has 4 rings (SSSR count). The Labute approximate surface area is 197 Å². The van der Waals surface area contributed by atoms with Crippen molar-refractivity contribution in [2.24, 2.45) is 11.3 Å². The van der Waals surface area contributed by atoms with Gasteiger partial charge < -0.3 is 14.8 Å². The monoisotopic (exact) mass is 477 g/mol. The number of esters is 1. The van der Waals surface area contributed by atoms with Gasteiger partial charge in [-0.3, -0.25) is 9.48 Å². The van der Waals surface area contributed by atoms with Crippen molar-refractivity contribution in [1.29, 1.82) is 0 Å². The van der Waals surface area contributed by atoms with E-state index >= 15 is 0 Å². The quantitative estimate of drug-likeness (QED) is 0.640. The van der Waals surface area contributed by atoms with Crippen molar-refractivity contribution in [3.63, 3.8) is 0 Å². The number of hydrogen-bond acceptors (Lipinski definition) is 5. The normalized spacial score (nSPS) is 18.4. The van der Waals surface area contributed by atoms with Gasteiger partial charge in [-0.05, 0) is 43.2 Å². The zero-order valence-electron chi connectivity index (χ0n) is 19.0. The number of halogens is 2. The Balaban J connectivity index is 1.51. The summed E-state index contributed by atoms with van der Waals surface area (Å²) >= 11 is 5.97. The molecule has 178 valence electrons. The fourth-order valence-electron chi connectivity index (χ4n) is 4.65. The molecular formula is C24H29ClFN3O4. The number of hydrogen-bond donors (Lipinski definition) is 1. The summed E-state index contributed by atoms with van der Waals surface area (Å²) in [6.45, 7) is 6.46. The second-order valence-corrected chi connectivity index (χ2v) is 9.48. The summed E-state index contributed by atoms with van der Waals surface area (Å²) in [4.78, 5) is 25.3. The van der Waals surface area contributed by atoms with Gasteiger partial charge in [0.2, 0.25) is 0 Å². The van der Waals surface area contributed by atoms with Crippen molar-refractivity contribution in [3.8, 4) is 0 Å². The predicted molar refractivity (Wildman–Crippen MR) is 121 cm³/mol. The number of carbonyl (C=O) groups excluding carboxylic acids is 2. The lowest BCUT2D eigenvalue weighted by molar-refractivity contribution is 0.0151. The van der Waals surface area contributed by atoms with Crippen molar-refractivity contribution in [1.82, 2.24) is 15.1 Å². The van der Waals surface area contributed by atoms with Crippen molar-refractivity contribution >= 4 is 23.5 Å². The summed E-state index contributed by atoms with van der Waals surface area (Å²) in [5.74, 6) is -1.69. The number of ether oxygens (including phenoxy) is 2. The maximum absolute atomic E-state index is 14.0. The van der Waals surface area contributed by atoms with Crippen molar-refractivity contribution in [3.05, 3.63) is 51.6 Å². The van der Waals surface area contributed by atoms with Crippen LogP contribution in [-0.4, -0.2) is 48.0 Å². The number of aromatic nitrogens is 2. The van der Waals surface area contributed by atoms with Crippen molar-refractivity contribution in [2.45, 2.75) is 46.1 Å². The largest absolute Gasteiger partial charge is 0.462 e. The summed E-state index contributed by atoms with van der Waals surface area (Å²) < 4.78 is 26.8. The minimum absolute atomic E-state index is 0.0189. The van der Waals surface area contributed by atoms with Gasteiger partial charge in [0.1, 0.15) is 11.4 Å². The summed E-state index contributed by atoms with van der Waals surface area (Å²) in [6.07, 6.45) is 3.16. The van der Waals surface area contributed by atoms with Crippen LogP contribution in [-0.2, 0) is 28.9 Å². The van der Waals surface area contributed by atoms with Gasteiger partial charge in [0.25, 0.3) is 5.91 Å². The molecule has 7 nitrogen and oxygen atoms in total. The maximum Gasteiger partial charge on any atom is 0.342 e. The van der Waals surface area contributed by atoms with Gasteiger partial charge in [0.05, 0.1) is 28.6 Å². The Morgan fingerprint density at radius 2 is 2.15 bits per heavy atom. The fourth-order valence-corrected chi connectivity index (χ4v) is 4.89. The van der Waals surface area contributed by atoms with Crippen LogP contribution in [0.3, 0.4) is 0 Å². The summed E-state index contributed by atoms with van der Waals surface area (Å²) in [7, 11) is 0. The van der Waals surface area contributed by atoms with Gasteiger partial charge in [0, 0.05) is 32.2 Å². The number of rotatable bonds is 6. The van der Waals surface area contributed by atoms with E-state index in [1.807, 2.05) is 18.5 Å². The van der Waals surface area contributed by atoms with E-state index in [0.717, 1.165) is 30.7 Å². The van der Waals surface area contributed by atoms with Crippen molar-refractivity contribution < 1.29 is 23.5 Å².